The topological polar surface area (TPSA) is 110 Å². The maximum atomic E-state index is 12.2. The van der Waals surface area contributed by atoms with Crippen LogP contribution in [0.15, 0.2) is 20.1 Å². The van der Waals surface area contributed by atoms with Gasteiger partial charge in [0, 0.05) is 5.38 Å². The van der Waals surface area contributed by atoms with Crippen LogP contribution in [0, 0.1) is 0 Å². The molecule has 0 aromatic carbocycles. The second-order valence-electron chi connectivity index (χ2n) is 3.79. The fourth-order valence-electron chi connectivity index (χ4n) is 1.45. The molecular weight excluding hydrogens is 314 g/mol. The Morgan fingerprint density at radius 2 is 2.05 bits per heavy atom. The molecule has 0 amide bonds. The number of sulfonamides is 1. The van der Waals surface area contributed by atoms with Crippen LogP contribution in [0.2, 0.25) is 0 Å². The lowest BCUT2D eigenvalue weighted by atomic mass is 10.5. The van der Waals surface area contributed by atoms with Crippen molar-refractivity contribution in [3.63, 3.8) is 0 Å². The Labute approximate surface area is 114 Å². The zero-order valence-electron chi connectivity index (χ0n) is 9.64. The Morgan fingerprint density at radius 1 is 1.42 bits per heavy atom. The van der Waals surface area contributed by atoms with Gasteiger partial charge in [-0.15, -0.1) is 15.1 Å². The smallest absolute Gasteiger partial charge is 0.345 e. The van der Waals surface area contributed by atoms with Crippen molar-refractivity contribution in [3.05, 3.63) is 16.3 Å². The van der Waals surface area contributed by atoms with E-state index in [9.17, 15) is 17.4 Å². The monoisotopic (exact) mass is 325 g/mol. The van der Waals surface area contributed by atoms with E-state index >= 15 is 0 Å². The van der Waals surface area contributed by atoms with E-state index in [1.807, 2.05) is 0 Å². The second kappa shape index (κ2) is 5.19. The molecule has 1 N–H and O–H groups in total. The zero-order chi connectivity index (χ0) is 14.1. The fourth-order valence-corrected chi connectivity index (χ4v) is 6.36. The molecule has 106 valence electrons. The molecule has 1 aliphatic heterocycles. The van der Waals surface area contributed by atoms with Crippen molar-refractivity contribution < 1.29 is 27.3 Å². The zero-order valence-corrected chi connectivity index (χ0v) is 12.1. The number of carboxylic acid groups (broad SMARTS) is 1. The first-order chi connectivity index (χ1) is 8.82. The third kappa shape index (κ3) is 3.32. The summed E-state index contributed by atoms with van der Waals surface area (Å²) in [6.45, 7) is 0.420. The van der Waals surface area contributed by atoms with Crippen molar-refractivity contribution >= 4 is 37.1 Å². The summed E-state index contributed by atoms with van der Waals surface area (Å²) in [5.41, 5.74) is 0. The van der Waals surface area contributed by atoms with Gasteiger partial charge in [-0.25, -0.2) is 9.00 Å². The van der Waals surface area contributed by atoms with E-state index < -0.39 is 25.7 Å². The van der Waals surface area contributed by atoms with Crippen LogP contribution in [-0.4, -0.2) is 48.4 Å². The minimum atomic E-state index is -4.09. The average molecular weight is 325 g/mol. The van der Waals surface area contributed by atoms with Crippen molar-refractivity contribution in [1.82, 2.24) is 0 Å². The summed E-state index contributed by atoms with van der Waals surface area (Å²) in [5, 5.41) is 9.93. The Bertz CT molecular complexity index is 698. The molecule has 1 aromatic rings. The van der Waals surface area contributed by atoms with Gasteiger partial charge < -0.3 is 9.84 Å². The minimum Gasteiger partial charge on any atom is -0.477 e. The third-order valence-corrected chi connectivity index (χ3v) is 7.79. The highest BCUT2D eigenvalue weighted by molar-refractivity contribution is 8.03. The normalized spacial score (nSPS) is 18.9. The van der Waals surface area contributed by atoms with Crippen LogP contribution in [0.1, 0.15) is 9.67 Å². The highest BCUT2D eigenvalue weighted by Crippen LogP contribution is 2.22. The van der Waals surface area contributed by atoms with Gasteiger partial charge in [-0.3, -0.25) is 0 Å². The summed E-state index contributed by atoms with van der Waals surface area (Å²) >= 11 is 0.789. The number of nitrogens with zero attached hydrogens (tertiary/aromatic N) is 1. The van der Waals surface area contributed by atoms with E-state index in [1.54, 1.807) is 0 Å². The van der Waals surface area contributed by atoms with Gasteiger partial charge >= 0.3 is 5.97 Å². The van der Waals surface area contributed by atoms with Gasteiger partial charge in [0.25, 0.3) is 10.0 Å². The summed E-state index contributed by atoms with van der Waals surface area (Å²) in [6.07, 6.45) is 0. The lowest BCUT2D eigenvalue weighted by molar-refractivity contribution is 0.0702. The molecule has 2 rings (SSSR count). The van der Waals surface area contributed by atoms with Gasteiger partial charge in [-0.1, -0.05) is 0 Å². The van der Waals surface area contributed by atoms with E-state index in [0.29, 0.717) is 0 Å². The Kier molecular flexibility index (Phi) is 3.95. The number of hydrogen-bond donors (Lipinski definition) is 1. The lowest BCUT2D eigenvalue weighted by Crippen LogP contribution is -2.26. The molecule has 7 nitrogen and oxygen atoms in total. The van der Waals surface area contributed by atoms with Crippen molar-refractivity contribution in [3.8, 4) is 0 Å². The summed E-state index contributed by atoms with van der Waals surface area (Å²) < 4.78 is 44.6. The predicted molar refractivity (Wildman–Crippen MR) is 69.6 cm³/mol. The molecule has 0 atom stereocenters. The molecular formula is C9H11NO6S3. The molecule has 19 heavy (non-hydrogen) atoms. The molecule has 0 spiro atoms. The minimum absolute atomic E-state index is 0.0716. The maximum Gasteiger partial charge on any atom is 0.345 e. The first kappa shape index (κ1) is 14.4. The van der Waals surface area contributed by atoms with Crippen LogP contribution in [0.25, 0.3) is 0 Å². The molecule has 1 fully saturated rings. The van der Waals surface area contributed by atoms with Crippen LogP contribution in [-0.2, 0) is 24.5 Å². The number of carboxylic acids is 1. The molecule has 0 bridgehead atoms. The second-order valence-corrected chi connectivity index (χ2v) is 9.09. The Balaban J connectivity index is 2.39. The van der Waals surface area contributed by atoms with Crippen molar-refractivity contribution in [2.75, 3.05) is 24.7 Å². The van der Waals surface area contributed by atoms with Crippen molar-refractivity contribution in [2.24, 2.45) is 3.77 Å². The van der Waals surface area contributed by atoms with Crippen LogP contribution < -0.4 is 0 Å². The molecule has 0 unspecified atom stereocenters. The molecule has 0 saturated carbocycles. The van der Waals surface area contributed by atoms with Crippen LogP contribution in [0.5, 0.6) is 0 Å². The third-order valence-electron chi connectivity index (χ3n) is 2.41. The lowest BCUT2D eigenvalue weighted by Gasteiger charge is -2.15. The van der Waals surface area contributed by atoms with Crippen LogP contribution in [0.4, 0.5) is 0 Å². The fraction of sp³-hybridized carbons (Fsp3) is 0.444. The van der Waals surface area contributed by atoms with Gasteiger partial charge in [-0.2, -0.15) is 8.42 Å². The first-order valence-corrected chi connectivity index (χ1v) is 9.38. The van der Waals surface area contributed by atoms with Gasteiger partial charge in [0.15, 0.2) is 0 Å². The van der Waals surface area contributed by atoms with E-state index in [1.165, 1.54) is 5.38 Å². The summed E-state index contributed by atoms with van der Waals surface area (Å²) in [6, 6.07) is 1.02. The number of rotatable bonds is 3. The van der Waals surface area contributed by atoms with Gasteiger partial charge in [0.1, 0.15) is 9.77 Å². The Hall–Kier alpha value is -0.970. The molecule has 10 heteroatoms. The molecule has 1 saturated heterocycles. The average Bonchev–Trinajstić information content (AvgIpc) is 2.78. The largest absolute Gasteiger partial charge is 0.477 e. The molecule has 0 radical (unpaired) electrons. The van der Waals surface area contributed by atoms with E-state index in [0.717, 1.165) is 17.4 Å². The van der Waals surface area contributed by atoms with E-state index in [-0.39, 0.29) is 34.5 Å². The molecule has 2 heterocycles. The van der Waals surface area contributed by atoms with Gasteiger partial charge in [0.05, 0.1) is 34.4 Å². The highest BCUT2D eigenvalue weighted by atomic mass is 32.3. The number of carbonyl (C=O) groups is 1. The summed E-state index contributed by atoms with van der Waals surface area (Å²) in [7, 11) is -6.93. The van der Waals surface area contributed by atoms with Crippen molar-refractivity contribution in [2.45, 2.75) is 4.90 Å². The number of ether oxygens (including phenoxy) is 1. The number of thiophene rings is 1. The highest BCUT2D eigenvalue weighted by Gasteiger charge is 2.23. The van der Waals surface area contributed by atoms with Gasteiger partial charge in [-0.05, 0) is 6.07 Å². The molecule has 1 aliphatic rings. The SMILES string of the molecule is O=C(O)c1cc(S(=O)(=O)N=S2(=O)CCOCC2)cs1. The van der Waals surface area contributed by atoms with Gasteiger partial charge in [0.2, 0.25) is 0 Å². The quantitative estimate of drug-likeness (QED) is 0.873. The summed E-state index contributed by atoms with van der Waals surface area (Å²) in [5.74, 6) is -1.06. The standard InChI is InChI=1S/C9H11NO6S3/c11-9(12)8-5-7(6-17-8)19(14,15)10-18(13)3-1-16-2-4-18/h5-6H,1-4H2,(H,11,12). The Morgan fingerprint density at radius 3 is 2.58 bits per heavy atom. The summed E-state index contributed by atoms with van der Waals surface area (Å²) in [4.78, 5) is 10.4. The number of hydrogen-bond acceptors (Lipinski definition) is 6. The number of aromatic carboxylic acids is 1. The van der Waals surface area contributed by atoms with Crippen molar-refractivity contribution in [1.29, 1.82) is 0 Å². The first-order valence-electron chi connectivity index (χ1n) is 5.21. The predicted octanol–water partition coefficient (Wildman–Crippen LogP) is 0.633. The van der Waals surface area contributed by atoms with E-state index in [4.69, 9.17) is 9.84 Å². The molecule has 0 aliphatic carbocycles. The van der Waals surface area contributed by atoms with E-state index in [2.05, 4.69) is 3.77 Å². The molecule has 1 aromatic heterocycles. The maximum absolute atomic E-state index is 12.2. The van der Waals surface area contributed by atoms with Crippen LogP contribution >= 0.6 is 11.3 Å². The van der Waals surface area contributed by atoms with Crippen LogP contribution in [0.3, 0.4) is 0 Å².